The molecule has 10 heteroatoms. The van der Waals surface area contributed by atoms with Gasteiger partial charge in [-0.05, 0) is 36.8 Å². The topological polar surface area (TPSA) is 112 Å². The Morgan fingerprint density at radius 1 is 1.02 bits per heavy atom. The molecule has 0 N–H and O–H groups in total. The zero-order valence-corrected chi connectivity index (χ0v) is 24.0. The van der Waals surface area contributed by atoms with E-state index in [1.807, 2.05) is 42.5 Å². The first-order valence-corrected chi connectivity index (χ1v) is 13.9. The van der Waals surface area contributed by atoms with Gasteiger partial charge >= 0.3 is 5.97 Å². The van der Waals surface area contributed by atoms with Crippen molar-refractivity contribution in [2.24, 2.45) is 4.99 Å². The molecule has 4 aromatic rings. The second-order valence-electron chi connectivity index (χ2n) is 9.03. The fourth-order valence-corrected chi connectivity index (χ4v) is 5.75. The molecule has 5 rings (SSSR count). The Balaban J connectivity index is 1.82. The van der Waals surface area contributed by atoms with Crippen molar-refractivity contribution in [1.29, 1.82) is 5.26 Å². The molecule has 1 atom stereocenters. The molecule has 212 valence electrons. The van der Waals surface area contributed by atoms with Crippen LogP contribution in [0.25, 0.3) is 11.8 Å². The third-order valence-corrected chi connectivity index (χ3v) is 7.58. The van der Waals surface area contributed by atoms with E-state index in [9.17, 15) is 9.59 Å². The van der Waals surface area contributed by atoms with Crippen molar-refractivity contribution in [3.8, 4) is 23.3 Å². The van der Waals surface area contributed by atoms with Crippen molar-refractivity contribution in [3.05, 3.63) is 115 Å². The van der Waals surface area contributed by atoms with Crippen LogP contribution in [-0.4, -0.2) is 38.0 Å². The van der Waals surface area contributed by atoms with Gasteiger partial charge in [-0.2, -0.15) is 5.26 Å². The number of nitriles is 1. The van der Waals surface area contributed by atoms with Gasteiger partial charge in [0.15, 0.2) is 22.9 Å². The number of rotatable bonds is 9. The summed E-state index contributed by atoms with van der Waals surface area (Å²) in [5, 5.41) is 8.99. The van der Waals surface area contributed by atoms with E-state index < -0.39 is 12.0 Å². The number of esters is 1. The first-order chi connectivity index (χ1) is 20.5. The van der Waals surface area contributed by atoms with Gasteiger partial charge in [0.05, 0.1) is 42.7 Å². The predicted octanol–water partition coefficient (Wildman–Crippen LogP) is 3.86. The summed E-state index contributed by atoms with van der Waals surface area (Å²) in [5.41, 5.74) is 2.26. The largest absolute Gasteiger partial charge is 0.493 e. The van der Waals surface area contributed by atoms with Crippen molar-refractivity contribution in [2.45, 2.75) is 13.0 Å². The van der Waals surface area contributed by atoms with Crippen LogP contribution in [0.15, 0.2) is 88.2 Å². The highest BCUT2D eigenvalue weighted by molar-refractivity contribution is 7.07. The quantitative estimate of drug-likeness (QED) is 0.276. The number of benzene rings is 3. The molecule has 2 heterocycles. The lowest BCUT2D eigenvalue weighted by Crippen LogP contribution is -2.40. The zero-order valence-electron chi connectivity index (χ0n) is 23.2. The lowest BCUT2D eigenvalue weighted by molar-refractivity contribution is -0.138. The average Bonchev–Trinajstić information content (AvgIpc) is 3.34. The van der Waals surface area contributed by atoms with Crippen LogP contribution in [0, 0.1) is 11.3 Å². The highest BCUT2D eigenvalue weighted by Crippen LogP contribution is 2.38. The van der Waals surface area contributed by atoms with Gasteiger partial charge in [0.2, 0.25) is 0 Å². The molecule has 42 heavy (non-hydrogen) atoms. The Labute approximate surface area is 245 Å². The van der Waals surface area contributed by atoms with Crippen molar-refractivity contribution in [1.82, 2.24) is 4.57 Å². The zero-order chi connectivity index (χ0) is 29.6. The van der Waals surface area contributed by atoms with Crippen LogP contribution in [0.1, 0.15) is 29.7 Å². The van der Waals surface area contributed by atoms with E-state index in [1.54, 1.807) is 49.4 Å². The second-order valence-corrected chi connectivity index (χ2v) is 10.0. The summed E-state index contributed by atoms with van der Waals surface area (Å²) in [6.45, 7) is 1.74. The number of nitrogens with zero attached hydrogens (tertiary/aromatic N) is 3. The molecule has 1 aliphatic heterocycles. The van der Waals surface area contributed by atoms with E-state index in [1.165, 1.54) is 30.1 Å². The summed E-state index contributed by atoms with van der Waals surface area (Å²) in [5.74, 6) is 0.845. The maximum absolute atomic E-state index is 14.1. The van der Waals surface area contributed by atoms with E-state index >= 15 is 0 Å². The first-order valence-electron chi connectivity index (χ1n) is 13.1. The van der Waals surface area contributed by atoms with Gasteiger partial charge in [0, 0.05) is 11.1 Å². The third-order valence-electron chi connectivity index (χ3n) is 6.59. The highest BCUT2D eigenvalue weighted by Gasteiger charge is 2.35. The third kappa shape index (κ3) is 5.42. The van der Waals surface area contributed by atoms with Crippen LogP contribution in [-0.2, 0) is 9.53 Å². The number of hydrogen-bond donors (Lipinski definition) is 0. The number of aromatic nitrogens is 1. The Morgan fingerprint density at radius 3 is 2.48 bits per heavy atom. The van der Waals surface area contributed by atoms with E-state index in [4.69, 9.17) is 29.2 Å². The molecular formula is C32H27N3O6S. The van der Waals surface area contributed by atoms with Crippen molar-refractivity contribution in [2.75, 3.05) is 27.4 Å². The van der Waals surface area contributed by atoms with Gasteiger partial charge in [0.25, 0.3) is 5.56 Å². The Hall–Kier alpha value is -5.14. The standard InChI is InChI=1S/C32H27N3O6S/c1-4-40-31(37)27-28(20-10-6-5-7-11-20)34-32-35(29(27)22-14-15-24(38-2)25(18-22)39-3)30(36)26(42-32)19-21-12-8-9-13-23(21)41-17-16-33/h5-15,18-19,29H,4,17H2,1-3H3/b26-19-/t29-/m1/s1. The summed E-state index contributed by atoms with van der Waals surface area (Å²) in [7, 11) is 3.06. The monoisotopic (exact) mass is 581 g/mol. The van der Waals surface area contributed by atoms with Crippen LogP contribution in [0.4, 0.5) is 0 Å². The van der Waals surface area contributed by atoms with E-state index in [-0.39, 0.29) is 24.3 Å². The normalized spacial score (nSPS) is 14.4. The average molecular weight is 582 g/mol. The molecule has 3 aromatic carbocycles. The fraction of sp³-hybridized carbons (Fsp3) is 0.188. The van der Waals surface area contributed by atoms with Gasteiger partial charge in [-0.1, -0.05) is 65.9 Å². The number of hydrogen-bond acceptors (Lipinski definition) is 9. The van der Waals surface area contributed by atoms with Crippen molar-refractivity contribution in [3.63, 3.8) is 0 Å². The fourth-order valence-electron chi connectivity index (χ4n) is 4.76. The van der Waals surface area contributed by atoms with Gasteiger partial charge < -0.3 is 18.9 Å². The van der Waals surface area contributed by atoms with E-state index in [2.05, 4.69) is 0 Å². The molecule has 1 aliphatic rings. The molecule has 0 amide bonds. The number of para-hydroxylation sites is 1. The van der Waals surface area contributed by atoms with Gasteiger partial charge in [0.1, 0.15) is 11.8 Å². The SMILES string of the molecule is CCOC(=O)C1=C(c2ccccc2)N=c2s/c(=C\c3ccccc3OCC#N)c(=O)n2[C@@H]1c1ccc(OC)c(OC)c1. The molecule has 0 unspecified atom stereocenters. The lowest BCUT2D eigenvalue weighted by atomic mass is 9.93. The van der Waals surface area contributed by atoms with Gasteiger partial charge in [-0.25, -0.2) is 9.79 Å². The van der Waals surface area contributed by atoms with Crippen molar-refractivity contribution >= 4 is 29.1 Å². The Kier molecular flexibility index (Phi) is 8.50. The molecule has 0 saturated heterocycles. The van der Waals surface area contributed by atoms with Crippen LogP contribution < -0.4 is 29.1 Å². The molecule has 0 saturated carbocycles. The van der Waals surface area contributed by atoms with Gasteiger partial charge in [-0.15, -0.1) is 0 Å². The molecule has 9 nitrogen and oxygen atoms in total. The summed E-state index contributed by atoms with van der Waals surface area (Å²) in [6.07, 6.45) is 1.71. The van der Waals surface area contributed by atoms with Crippen LogP contribution >= 0.6 is 11.3 Å². The maximum Gasteiger partial charge on any atom is 0.338 e. The molecule has 0 radical (unpaired) electrons. The molecule has 1 aromatic heterocycles. The van der Waals surface area contributed by atoms with Crippen LogP contribution in [0.5, 0.6) is 17.2 Å². The number of carbonyl (C=O) groups is 1. The van der Waals surface area contributed by atoms with E-state index in [0.717, 1.165) is 0 Å². The lowest BCUT2D eigenvalue weighted by Gasteiger charge is -2.26. The smallest absolute Gasteiger partial charge is 0.338 e. The molecular weight excluding hydrogens is 554 g/mol. The minimum Gasteiger partial charge on any atom is -0.493 e. The summed E-state index contributed by atoms with van der Waals surface area (Å²) < 4.78 is 24.0. The minimum absolute atomic E-state index is 0.130. The predicted molar refractivity (Wildman–Crippen MR) is 158 cm³/mol. The molecule has 0 fully saturated rings. The Morgan fingerprint density at radius 2 is 1.76 bits per heavy atom. The highest BCUT2D eigenvalue weighted by atomic mass is 32.1. The minimum atomic E-state index is -0.873. The number of thiazole rings is 1. The van der Waals surface area contributed by atoms with Crippen LogP contribution in [0.3, 0.4) is 0 Å². The maximum atomic E-state index is 14.1. The van der Waals surface area contributed by atoms with Crippen molar-refractivity contribution < 1.29 is 23.7 Å². The number of methoxy groups -OCH3 is 2. The summed E-state index contributed by atoms with van der Waals surface area (Å²) in [4.78, 5) is 33.0. The first kappa shape index (κ1) is 28.4. The van der Waals surface area contributed by atoms with Gasteiger partial charge in [-0.3, -0.25) is 9.36 Å². The number of ether oxygens (including phenoxy) is 4. The van der Waals surface area contributed by atoms with E-state index in [0.29, 0.717) is 49.0 Å². The van der Waals surface area contributed by atoms with Crippen LogP contribution in [0.2, 0.25) is 0 Å². The summed E-state index contributed by atoms with van der Waals surface area (Å²) >= 11 is 1.20. The summed E-state index contributed by atoms with van der Waals surface area (Å²) in [6, 6.07) is 22.8. The second kappa shape index (κ2) is 12.6. The molecule has 0 spiro atoms. The Bertz CT molecular complexity index is 1890. The number of fused-ring (bicyclic) bond motifs is 1. The number of carbonyl (C=O) groups excluding carboxylic acids is 1. The molecule has 0 aliphatic carbocycles. The molecule has 0 bridgehead atoms.